The summed E-state index contributed by atoms with van der Waals surface area (Å²) in [5.74, 6) is -1.00. The average Bonchev–Trinajstić information content (AvgIpc) is 2.51. The highest BCUT2D eigenvalue weighted by molar-refractivity contribution is 6.31. The van der Waals surface area contributed by atoms with Crippen LogP contribution in [0, 0.1) is 11.6 Å². The van der Waals surface area contributed by atoms with Crippen molar-refractivity contribution in [3.8, 4) is 0 Å². The van der Waals surface area contributed by atoms with Crippen molar-refractivity contribution in [1.29, 1.82) is 0 Å². The van der Waals surface area contributed by atoms with E-state index < -0.39 is 11.6 Å². The van der Waals surface area contributed by atoms with Gasteiger partial charge in [0.05, 0.1) is 23.1 Å². The standard InChI is InChI=1S/C16H12Cl2F2N2/c17-13-5-1-3-11(15(13)19)9-21-7-8-22-10-12-4-2-6-14(18)16(12)20/h1-6,9-10H,7-8H2. The van der Waals surface area contributed by atoms with Gasteiger partial charge in [-0.3, -0.25) is 9.98 Å². The molecule has 0 bridgehead atoms. The molecule has 0 saturated heterocycles. The minimum atomic E-state index is -0.502. The van der Waals surface area contributed by atoms with Crippen molar-refractivity contribution in [2.45, 2.75) is 0 Å². The Balaban J connectivity index is 1.89. The minimum Gasteiger partial charge on any atom is -0.291 e. The molecule has 114 valence electrons. The number of benzene rings is 2. The molecule has 0 aliphatic heterocycles. The van der Waals surface area contributed by atoms with Crippen molar-refractivity contribution in [2.24, 2.45) is 9.98 Å². The zero-order valence-electron chi connectivity index (χ0n) is 11.4. The molecule has 0 spiro atoms. The summed E-state index contributed by atoms with van der Waals surface area (Å²) in [5.41, 5.74) is 0.634. The van der Waals surface area contributed by atoms with Gasteiger partial charge in [-0.2, -0.15) is 0 Å². The second-order valence-corrected chi connectivity index (χ2v) is 5.17. The van der Waals surface area contributed by atoms with Crippen LogP contribution in [0.5, 0.6) is 0 Å². The molecule has 0 N–H and O–H groups in total. The zero-order valence-corrected chi connectivity index (χ0v) is 13.0. The predicted molar refractivity (Wildman–Crippen MR) is 87.7 cm³/mol. The predicted octanol–water partition coefficient (Wildman–Crippen LogP) is 4.81. The smallest absolute Gasteiger partial charge is 0.150 e. The third-order valence-corrected chi connectivity index (χ3v) is 3.37. The fourth-order valence-electron chi connectivity index (χ4n) is 1.68. The van der Waals surface area contributed by atoms with Crippen LogP contribution in [0.15, 0.2) is 46.4 Å². The summed E-state index contributed by atoms with van der Waals surface area (Å²) in [5, 5.41) is 0.108. The van der Waals surface area contributed by atoms with Gasteiger partial charge in [0.1, 0.15) is 0 Å². The maximum absolute atomic E-state index is 13.6. The molecule has 0 fully saturated rings. The SMILES string of the molecule is Fc1c(Cl)cccc1C=NCCN=Cc1cccc(Cl)c1F. The van der Waals surface area contributed by atoms with Crippen LogP contribution in [-0.4, -0.2) is 25.5 Å². The molecule has 0 amide bonds. The second kappa shape index (κ2) is 8.01. The molecule has 22 heavy (non-hydrogen) atoms. The Kier molecular flexibility index (Phi) is 6.04. The highest BCUT2D eigenvalue weighted by atomic mass is 35.5. The van der Waals surface area contributed by atoms with E-state index in [1.807, 2.05) is 0 Å². The highest BCUT2D eigenvalue weighted by Gasteiger charge is 2.03. The Labute approximate surface area is 137 Å². The summed E-state index contributed by atoms with van der Waals surface area (Å²) in [6.45, 7) is 0.704. The van der Waals surface area contributed by atoms with Crippen LogP contribution in [-0.2, 0) is 0 Å². The Hall–Kier alpha value is -1.78. The van der Waals surface area contributed by atoms with Gasteiger partial charge in [0.25, 0.3) is 0 Å². The molecule has 2 aromatic carbocycles. The molecule has 0 radical (unpaired) electrons. The first-order valence-electron chi connectivity index (χ1n) is 6.47. The number of aliphatic imine (C=N–C) groups is 2. The van der Waals surface area contributed by atoms with Gasteiger partial charge in [-0.05, 0) is 12.1 Å². The lowest BCUT2D eigenvalue weighted by Gasteiger charge is -1.98. The van der Waals surface area contributed by atoms with Gasteiger partial charge in [-0.1, -0.05) is 47.5 Å². The summed E-state index contributed by atoms with van der Waals surface area (Å²) in [7, 11) is 0. The highest BCUT2D eigenvalue weighted by Crippen LogP contribution is 2.17. The number of hydrogen-bond donors (Lipinski definition) is 0. The maximum Gasteiger partial charge on any atom is 0.150 e. The van der Waals surface area contributed by atoms with E-state index in [0.717, 1.165) is 0 Å². The fraction of sp³-hybridized carbons (Fsp3) is 0.125. The fourth-order valence-corrected chi connectivity index (χ4v) is 2.05. The topological polar surface area (TPSA) is 24.7 Å². The van der Waals surface area contributed by atoms with Crippen LogP contribution in [0.3, 0.4) is 0 Å². The summed E-state index contributed by atoms with van der Waals surface area (Å²) < 4.78 is 27.1. The largest absolute Gasteiger partial charge is 0.291 e. The maximum atomic E-state index is 13.6. The van der Waals surface area contributed by atoms with Gasteiger partial charge in [0, 0.05) is 23.6 Å². The summed E-state index contributed by atoms with van der Waals surface area (Å²) >= 11 is 11.3. The molecule has 0 aliphatic carbocycles. The van der Waals surface area contributed by atoms with E-state index in [2.05, 4.69) is 9.98 Å². The van der Waals surface area contributed by atoms with Crippen LogP contribution < -0.4 is 0 Å². The average molecular weight is 341 g/mol. The Morgan fingerprint density at radius 3 is 1.59 bits per heavy atom. The zero-order chi connectivity index (χ0) is 15.9. The molecule has 0 unspecified atom stereocenters. The second-order valence-electron chi connectivity index (χ2n) is 4.36. The summed E-state index contributed by atoms with van der Waals surface area (Å²) in [6, 6.07) is 9.39. The van der Waals surface area contributed by atoms with Crippen LogP contribution in [0.1, 0.15) is 11.1 Å². The van der Waals surface area contributed by atoms with E-state index in [4.69, 9.17) is 23.2 Å². The van der Waals surface area contributed by atoms with Gasteiger partial charge in [0.15, 0.2) is 11.6 Å². The van der Waals surface area contributed by atoms with E-state index in [1.165, 1.54) is 24.6 Å². The van der Waals surface area contributed by atoms with E-state index >= 15 is 0 Å². The molecule has 0 saturated carbocycles. The van der Waals surface area contributed by atoms with Crippen molar-refractivity contribution in [1.82, 2.24) is 0 Å². The van der Waals surface area contributed by atoms with E-state index in [9.17, 15) is 8.78 Å². The van der Waals surface area contributed by atoms with Gasteiger partial charge >= 0.3 is 0 Å². The van der Waals surface area contributed by atoms with E-state index in [0.29, 0.717) is 24.2 Å². The lowest BCUT2D eigenvalue weighted by atomic mass is 10.2. The molecular formula is C16H12Cl2F2N2. The van der Waals surface area contributed by atoms with Crippen LogP contribution >= 0.6 is 23.2 Å². The van der Waals surface area contributed by atoms with Crippen molar-refractivity contribution in [3.63, 3.8) is 0 Å². The van der Waals surface area contributed by atoms with Gasteiger partial charge in [-0.25, -0.2) is 8.78 Å². The number of hydrogen-bond acceptors (Lipinski definition) is 2. The Bertz CT molecular complexity index is 654. The monoisotopic (exact) mass is 340 g/mol. The Morgan fingerprint density at radius 1 is 0.773 bits per heavy atom. The lowest BCUT2D eigenvalue weighted by Crippen LogP contribution is -1.94. The number of nitrogens with zero attached hydrogens (tertiary/aromatic N) is 2. The molecule has 2 rings (SSSR count). The van der Waals surface area contributed by atoms with Gasteiger partial charge < -0.3 is 0 Å². The van der Waals surface area contributed by atoms with E-state index in [1.54, 1.807) is 24.3 Å². The third-order valence-electron chi connectivity index (χ3n) is 2.78. The number of rotatable bonds is 5. The molecule has 0 heterocycles. The van der Waals surface area contributed by atoms with Crippen molar-refractivity contribution in [2.75, 3.05) is 13.1 Å². The first-order chi connectivity index (χ1) is 10.6. The van der Waals surface area contributed by atoms with Crippen LogP contribution in [0.4, 0.5) is 8.78 Å². The first kappa shape index (κ1) is 16.6. The molecule has 0 aromatic heterocycles. The van der Waals surface area contributed by atoms with Crippen LogP contribution in [0.25, 0.3) is 0 Å². The molecule has 0 aliphatic rings. The van der Waals surface area contributed by atoms with E-state index in [-0.39, 0.29) is 10.0 Å². The third kappa shape index (κ3) is 4.36. The number of halogens is 4. The lowest BCUT2D eigenvalue weighted by molar-refractivity contribution is 0.626. The molecule has 2 nitrogen and oxygen atoms in total. The molecular weight excluding hydrogens is 329 g/mol. The van der Waals surface area contributed by atoms with Crippen molar-refractivity contribution >= 4 is 35.6 Å². The van der Waals surface area contributed by atoms with Crippen LogP contribution in [0.2, 0.25) is 10.0 Å². The van der Waals surface area contributed by atoms with Crippen molar-refractivity contribution in [3.05, 3.63) is 69.2 Å². The minimum absolute atomic E-state index is 0.0541. The first-order valence-corrected chi connectivity index (χ1v) is 7.23. The summed E-state index contributed by atoms with van der Waals surface area (Å²) in [6.07, 6.45) is 2.80. The molecule has 2 aromatic rings. The van der Waals surface area contributed by atoms with Crippen molar-refractivity contribution < 1.29 is 8.78 Å². The van der Waals surface area contributed by atoms with Gasteiger partial charge in [-0.15, -0.1) is 0 Å². The Morgan fingerprint density at radius 2 is 1.18 bits per heavy atom. The molecule has 0 atom stereocenters. The quantitative estimate of drug-likeness (QED) is 0.551. The summed E-state index contributed by atoms with van der Waals surface area (Å²) in [4.78, 5) is 8.12. The molecule has 6 heteroatoms. The normalized spacial score (nSPS) is 11.6. The van der Waals surface area contributed by atoms with Gasteiger partial charge in [0.2, 0.25) is 0 Å².